The summed E-state index contributed by atoms with van der Waals surface area (Å²) >= 11 is 11.9. The Kier molecular flexibility index (Phi) is 6.64. The van der Waals surface area contributed by atoms with Crippen LogP contribution in [0, 0.1) is 0 Å². The van der Waals surface area contributed by atoms with Gasteiger partial charge in [-0.05, 0) is 61.7 Å². The smallest absolute Gasteiger partial charge is 0.226 e. The molecule has 1 aliphatic heterocycles. The third-order valence-corrected chi connectivity index (χ3v) is 5.21. The maximum atomic E-state index is 12.1. The van der Waals surface area contributed by atoms with Crippen LogP contribution in [0.2, 0.25) is 10.0 Å². The van der Waals surface area contributed by atoms with Crippen LogP contribution in [-0.2, 0) is 4.79 Å². The first-order chi connectivity index (χ1) is 12.6. The number of carbonyl (C=O) groups excluding carboxylic acids is 1. The molecule has 3 rings (SSSR count). The van der Waals surface area contributed by atoms with Gasteiger partial charge in [-0.3, -0.25) is 4.79 Å². The number of nitrogens with zero attached hydrogens (tertiary/aromatic N) is 1. The zero-order valence-corrected chi connectivity index (χ0v) is 16.1. The highest BCUT2D eigenvalue weighted by Gasteiger charge is 2.11. The summed E-state index contributed by atoms with van der Waals surface area (Å²) in [6.45, 7) is 2.76. The number of hydrogen-bond acceptors (Lipinski definition) is 3. The molecule has 0 aromatic heterocycles. The first-order valence-corrected chi connectivity index (χ1v) is 9.71. The van der Waals surface area contributed by atoms with Crippen molar-refractivity contribution in [3.63, 3.8) is 0 Å². The molecular formula is C20H23Cl2N3O. The minimum absolute atomic E-state index is 0.0247. The van der Waals surface area contributed by atoms with Crippen LogP contribution in [0.1, 0.15) is 25.7 Å². The van der Waals surface area contributed by atoms with Crippen molar-refractivity contribution in [2.75, 3.05) is 35.2 Å². The second-order valence-electron chi connectivity index (χ2n) is 6.45. The molecule has 1 fully saturated rings. The van der Waals surface area contributed by atoms with Crippen LogP contribution in [0.4, 0.5) is 17.1 Å². The second kappa shape index (κ2) is 9.15. The molecule has 0 aliphatic carbocycles. The number of piperidine rings is 1. The molecule has 0 radical (unpaired) electrons. The Morgan fingerprint density at radius 3 is 2.31 bits per heavy atom. The fraction of sp³-hybridized carbons (Fsp3) is 0.350. The van der Waals surface area contributed by atoms with E-state index in [1.807, 2.05) is 18.2 Å². The van der Waals surface area contributed by atoms with Gasteiger partial charge in [-0.15, -0.1) is 0 Å². The molecule has 2 aromatic rings. The van der Waals surface area contributed by atoms with Gasteiger partial charge in [-0.25, -0.2) is 0 Å². The van der Waals surface area contributed by atoms with Crippen molar-refractivity contribution in [3.05, 3.63) is 52.5 Å². The van der Waals surface area contributed by atoms with Gasteiger partial charge in [0.1, 0.15) is 0 Å². The van der Waals surface area contributed by atoms with Crippen molar-refractivity contribution in [3.8, 4) is 0 Å². The molecule has 0 bridgehead atoms. The van der Waals surface area contributed by atoms with Crippen molar-refractivity contribution in [2.45, 2.75) is 25.7 Å². The predicted octanol–water partition coefficient (Wildman–Crippen LogP) is 5.42. The molecule has 0 spiro atoms. The van der Waals surface area contributed by atoms with E-state index < -0.39 is 0 Å². The summed E-state index contributed by atoms with van der Waals surface area (Å²) in [5, 5.41) is 7.12. The van der Waals surface area contributed by atoms with E-state index in [0.29, 0.717) is 23.0 Å². The topological polar surface area (TPSA) is 44.4 Å². The largest absolute Gasteiger partial charge is 0.384 e. The fourth-order valence-corrected chi connectivity index (χ4v) is 3.36. The summed E-state index contributed by atoms with van der Waals surface area (Å²) in [6, 6.07) is 13.4. The van der Waals surface area contributed by atoms with E-state index in [4.69, 9.17) is 23.2 Å². The van der Waals surface area contributed by atoms with E-state index in [9.17, 15) is 4.79 Å². The highest BCUT2D eigenvalue weighted by atomic mass is 35.5. The lowest BCUT2D eigenvalue weighted by atomic mass is 10.1. The Labute approximate surface area is 164 Å². The van der Waals surface area contributed by atoms with E-state index >= 15 is 0 Å². The molecule has 26 heavy (non-hydrogen) atoms. The summed E-state index contributed by atoms with van der Waals surface area (Å²) in [5.41, 5.74) is 2.90. The summed E-state index contributed by atoms with van der Waals surface area (Å²) in [5.74, 6) is -0.0247. The van der Waals surface area contributed by atoms with E-state index in [1.165, 1.54) is 24.9 Å². The van der Waals surface area contributed by atoms with Crippen LogP contribution in [0.3, 0.4) is 0 Å². The third-order valence-electron chi connectivity index (χ3n) is 4.47. The number of amides is 1. The molecule has 4 nitrogen and oxygen atoms in total. The summed E-state index contributed by atoms with van der Waals surface area (Å²) in [4.78, 5) is 14.5. The lowest BCUT2D eigenvalue weighted by Crippen LogP contribution is -2.29. The van der Waals surface area contributed by atoms with Crippen LogP contribution in [0.15, 0.2) is 42.5 Å². The van der Waals surface area contributed by atoms with E-state index in [2.05, 4.69) is 27.7 Å². The second-order valence-corrected chi connectivity index (χ2v) is 7.26. The molecule has 1 saturated heterocycles. The average molecular weight is 392 g/mol. The molecule has 0 unspecified atom stereocenters. The Bertz CT molecular complexity index is 743. The van der Waals surface area contributed by atoms with E-state index in [0.717, 1.165) is 24.5 Å². The predicted molar refractivity (Wildman–Crippen MR) is 111 cm³/mol. The SMILES string of the molecule is O=C(CCNc1ccc(Cl)c(Cl)c1)Nc1ccc(N2CCCCC2)cc1. The number of halogens is 2. The lowest BCUT2D eigenvalue weighted by Gasteiger charge is -2.28. The maximum absolute atomic E-state index is 12.1. The Hall–Kier alpha value is -1.91. The maximum Gasteiger partial charge on any atom is 0.226 e. The quantitative estimate of drug-likeness (QED) is 0.690. The van der Waals surface area contributed by atoms with Gasteiger partial charge < -0.3 is 15.5 Å². The van der Waals surface area contributed by atoms with Crippen LogP contribution in [-0.4, -0.2) is 25.5 Å². The zero-order chi connectivity index (χ0) is 18.4. The standard InChI is InChI=1S/C20H23Cl2N3O/c21-18-9-6-16(14-19(18)22)23-11-10-20(26)24-15-4-7-17(8-5-15)25-12-2-1-3-13-25/h4-9,14,23H,1-3,10-13H2,(H,24,26). The average Bonchev–Trinajstić information content (AvgIpc) is 2.66. The van der Waals surface area contributed by atoms with Crippen LogP contribution < -0.4 is 15.5 Å². The third kappa shape index (κ3) is 5.29. The van der Waals surface area contributed by atoms with Crippen molar-refractivity contribution in [2.24, 2.45) is 0 Å². The zero-order valence-electron chi connectivity index (χ0n) is 14.6. The number of rotatable bonds is 6. The number of hydrogen-bond donors (Lipinski definition) is 2. The normalized spacial score (nSPS) is 14.2. The van der Waals surface area contributed by atoms with Gasteiger partial charge in [-0.2, -0.15) is 0 Å². The molecular weight excluding hydrogens is 369 g/mol. The first-order valence-electron chi connectivity index (χ1n) is 8.95. The van der Waals surface area contributed by atoms with Gasteiger partial charge >= 0.3 is 0 Å². The Balaban J connectivity index is 1.44. The summed E-state index contributed by atoms with van der Waals surface area (Å²) in [6.07, 6.45) is 4.20. The van der Waals surface area contributed by atoms with Crippen molar-refractivity contribution < 1.29 is 4.79 Å². The summed E-state index contributed by atoms with van der Waals surface area (Å²) < 4.78 is 0. The minimum Gasteiger partial charge on any atom is -0.384 e. The molecule has 0 atom stereocenters. The molecule has 2 aromatic carbocycles. The van der Waals surface area contributed by atoms with Gasteiger partial charge in [0.05, 0.1) is 10.0 Å². The fourth-order valence-electron chi connectivity index (χ4n) is 3.06. The van der Waals surface area contributed by atoms with E-state index in [1.54, 1.807) is 12.1 Å². The van der Waals surface area contributed by atoms with E-state index in [-0.39, 0.29) is 5.91 Å². The van der Waals surface area contributed by atoms with Crippen molar-refractivity contribution in [1.29, 1.82) is 0 Å². The minimum atomic E-state index is -0.0247. The van der Waals surface area contributed by atoms with Gasteiger partial charge in [0.2, 0.25) is 5.91 Å². The molecule has 2 N–H and O–H groups in total. The van der Waals surface area contributed by atoms with Gasteiger partial charge in [-0.1, -0.05) is 23.2 Å². The highest BCUT2D eigenvalue weighted by Crippen LogP contribution is 2.25. The van der Waals surface area contributed by atoms with Gasteiger partial charge in [0, 0.05) is 43.1 Å². The molecule has 1 heterocycles. The first kappa shape index (κ1) is 18.9. The van der Waals surface area contributed by atoms with Crippen molar-refractivity contribution >= 4 is 46.2 Å². The van der Waals surface area contributed by atoms with Crippen LogP contribution in [0.5, 0.6) is 0 Å². The summed E-state index contributed by atoms with van der Waals surface area (Å²) in [7, 11) is 0. The number of nitrogens with one attached hydrogen (secondary N) is 2. The lowest BCUT2D eigenvalue weighted by molar-refractivity contribution is -0.115. The monoisotopic (exact) mass is 391 g/mol. The van der Waals surface area contributed by atoms with Crippen LogP contribution in [0.25, 0.3) is 0 Å². The van der Waals surface area contributed by atoms with Gasteiger partial charge in [0.25, 0.3) is 0 Å². The molecule has 1 aliphatic rings. The number of anilines is 3. The Morgan fingerprint density at radius 2 is 1.62 bits per heavy atom. The molecule has 1 amide bonds. The Morgan fingerprint density at radius 1 is 0.923 bits per heavy atom. The highest BCUT2D eigenvalue weighted by molar-refractivity contribution is 6.42. The molecule has 138 valence electrons. The molecule has 0 saturated carbocycles. The van der Waals surface area contributed by atoms with Gasteiger partial charge in [0.15, 0.2) is 0 Å². The van der Waals surface area contributed by atoms with Crippen LogP contribution >= 0.6 is 23.2 Å². The molecule has 6 heteroatoms. The number of carbonyl (C=O) groups is 1. The number of benzene rings is 2. The van der Waals surface area contributed by atoms with Crippen molar-refractivity contribution in [1.82, 2.24) is 0 Å².